The Balaban J connectivity index is 3.41. The zero-order valence-electron chi connectivity index (χ0n) is 9.44. The van der Waals surface area contributed by atoms with Crippen molar-refractivity contribution in [3.63, 3.8) is 0 Å². The molecule has 0 saturated carbocycles. The van der Waals surface area contributed by atoms with Gasteiger partial charge in [-0.2, -0.15) is 0 Å². The third-order valence-corrected chi connectivity index (χ3v) is 1.98. The molecule has 0 heterocycles. The van der Waals surface area contributed by atoms with Gasteiger partial charge in [0.05, 0.1) is 0 Å². The third kappa shape index (κ3) is 9.54. The quantitative estimate of drug-likeness (QED) is 0.644. The van der Waals surface area contributed by atoms with Gasteiger partial charge in [0.25, 0.3) is 0 Å². The summed E-state index contributed by atoms with van der Waals surface area (Å²) in [4.78, 5) is 11.3. The molecule has 0 aromatic carbocycles. The summed E-state index contributed by atoms with van der Waals surface area (Å²) in [6.45, 7) is 10.4. The molecule has 0 rings (SSSR count). The summed E-state index contributed by atoms with van der Waals surface area (Å²) in [6.07, 6.45) is 2.41. The molecule has 0 radical (unpaired) electrons. The molecule has 0 bridgehead atoms. The summed E-state index contributed by atoms with van der Waals surface area (Å²) in [5.41, 5.74) is 0.286. The summed E-state index contributed by atoms with van der Waals surface area (Å²) in [6, 6.07) is 0. The van der Waals surface area contributed by atoms with Crippen molar-refractivity contribution in [3.8, 4) is 0 Å². The fourth-order valence-corrected chi connectivity index (χ4v) is 1.04. The number of carbonyl (C=O) groups excluding carboxylic acids is 1. The highest BCUT2D eigenvalue weighted by molar-refractivity contribution is 5.78. The Morgan fingerprint density at radius 1 is 1.23 bits per heavy atom. The topological polar surface area (TPSA) is 29.1 Å². The first kappa shape index (κ1) is 12.6. The highest BCUT2D eigenvalue weighted by atomic mass is 16.1. The predicted molar refractivity (Wildman–Crippen MR) is 56.9 cm³/mol. The molecule has 2 heteroatoms. The SMILES string of the molecule is CCNCCC(=O)CCC(C)(C)C. The fraction of sp³-hybridized carbons (Fsp3) is 0.909. The number of carbonyl (C=O) groups is 1. The first-order valence-electron chi connectivity index (χ1n) is 5.18. The fourth-order valence-electron chi connectivity index (χ4n) is 1.04. The van der Waals surface area contributed by atoms with Gasteiger partial charge in [-0.3, -0.25) is 4.79 Å². The Morgan fingerprint density at radius 3 is 2.31 bits per heavy atom. The summed E-state index contributed by atoms with van der Waals surface area (Å²) in [5.74, 6) is 0.385. The number of rotatable bonds is 6. The van der Waals surface area contributed by atoms with Crippen molar-refractivity contribution >= 4 is 5.78 Å². The molecule has 0 atom stereocenters. The van der Waals surface area contributed by atoms with Crippen LogP contribution in [0.3, 0.4) is 0 Å². The molecule has 0 fully saturated rings. The van der Waals surface area contributed by atoms with Crippen molar-refractivity contribution in [2.24, 2.45) is 5.41 Å². The van der Waals surface area contributed by atoms with E-state index in [4.69, 9.17) is 0 Å². The Bertz CT molecular complexity index is 147. The standard InChI is InChI=1S/C11H23NO/c1-5-12-9-7-10(13)6-8-11(2,3)4/h12H,5-9H2,1-4H3. The van der Waals surface area contributed by atoms with E-state index in [9.17, 15) is 4.79 Å². The van der Waals surface area contributed by atoms with E-state index < -0.39 is 0 Å². The second-order valence-electron chi connectivity index (χ2n) is 4.70. The second-order valence-corrected chi connectivity index (χ2v) is 4.70. The highest BCUT2D eigenvalue weighted by Gasteiger charge is 2.12. The zero-order valence-corrected chi connectivity index (χ0v) is 9.44. The van der Waals surface area contributed by atoms with Gasteiger partial charge in [-0.05, 0) is 18.4 Å². The monoisotopic (exact) mass is 185 g/mol. The Hall–Kier alpha value is -0.370. The Labute approximate surface area is 82.1 Å². The maximum Gasteiger partial charge on any atom is 0.134 e. The van der Waals surface area contributed by atoms with Gasteiger partial charge in [0.15, 0.2) is 0 Å². The average Bonchev–Trinajstić information content (AvgIpc) is 2.00. The van der Waals surface area contributed by atoms with E-state index in [1.165, 1.54) is 0 Å². The lowest BCUT2D eigenvalue weighted by molar-refractivity contribution is -0.119. The van der Waals surface area contributed by atoms with Gasteiger partial charge in [0, 0.05) is 19.4 Å². The number of hydrogen-bond acceptors (Lipinski definition) is 2. The molecule has 0 aromatic heterocycles. The Morgan fingerprint density at radius 2 is 1.85 bits per heavy atom. The van der Waals surface area contributed by atoms with Crippen LogP contribution in [0.15, 0.2) is 0 Å². The molecule has 0 amide bonds. The van der Waals surface area contributed by atoms with Crippen LogP contribution in [0, 0.1) is 5.41 Å². The maximum absolute atomic E-state index is 11.3. The molecule has 0 aliphatic carbocycles. The van der Waals surface area contributed by atoms with Crippen molar-refractivity contribution in [3.05, 3.63) is 0 Å². The van der Waals surface area contributed by atoms with Gasteiger partial charge < -0.3 is 5.32 Å². The average molecular weight is 185 g/mol. The second kappa shape index (κ2) is 6.14. The van der Waals surface area contributed by atoms with Crippen LogP contribution in [0.4, 0.5) is 0 Å². The van der Waals surface area contributed by atoms with Crippen LogP contribution >= 0.6 is 0 Å². The summed E-state index contributed by atoms with van der Waals surface area (Å²) in [5, 5.41) is 3.16. The first-order chi connectivity index (χ1) is 5.95. The normalized spacial score (nSPS) is 11.7. The Kier molecular flexibility index (Phi) is 5.97. The van der Waals surface area contributed by atoms with Crippen LogP contribution < -0.4 is 5.32 Å². The van der Waals surface area contributed by atoms with Crippen molar-refractivity contribution in [1.82, 2.24) is 5.32 Å². The minimum absolute atomic E-state index is 0.286. The maximum atomic E-state index is 11.3. The van der Waals surface area contributed by atoms with Gasteiger partial charge in [0.1, 0.15) is 5.78 Å². The third-order valence-electron chi connectivity index (χ3n) is 1.98. The van der Waals surface area contributed by atoms with Crippen LogP contribution in [0.5, 0.6) is 0 Å². The molecule has 0 aromatic rings. The number of ketones is 1. The van der Waals surface area contributed by atoms with Crippen LogP contribution in [0.25, 0.3) is 0 Å². The van der Waals surface area contributed by atoms with E-state index >= 15 is 0 Å². The van der Waals surface area contributed by atoms with Crippen molar-refractivity contribution in [2.75, 3.05) is 13.1 Å². The number of nitrogens with one attached hydrogen (secondary N) is 1. The van der Waals surface area contributed by atoms with E-state index in [0.29, 0.717) is 12.2 Å². The summed E-state index contributed by atoms with van der Waals surface area (Å²) in [7, 11) is 0. The van der Waals surface area contributed by atoms with E-state index in [2.05, 4.69) is 33.0 Å². The molecule has 13 heavy (non-hydrogen) atoms. The van der Waals surface area contributed by atoms with Gasteiger partial charge >= 0.3 is 0 Å². The molecular formula is C11H23NO. The molecule has 0 saturated heterocycles. The lowest BCUT2D eigenvalue weighted by atomic mass is 9.89. The van der Waals surface area contributed by atoms with E-state index in [0.717, 1.165) is 25.9 Å². The molecule has 2 nitrogen and oxygen atoms in total. The lowest BCUT2D eigenvalue weighted by Gasteiger charge is -2.16. The van der Waals surface area contributed by atoms with E-state index in [-0.39, 0.29) is 5.41 Å². The van der Waals surface area contributed by atoms with Crippen molar-refractivity contribution in [2.45, 2.75) is 47.0 Å². The molecule has 0 spiro atoms. The van der Waals surface area contributed by atoms with Gasteiger partial charge in [-0.25, -0.2) is 0 Å². The first-order valence-corrected chi connectivity index (χ1v) is 5.18. The molecular weight excluding hydrogens is 162 g/mol. The van der Waals surface area contributed by atoms with Crippen LogP contribution in [-0.4, -0.2) is 18.9 Å². The minimum atomic E-state index is 0.286. The molecule has 0 aliphatic rings. The van der Waals surface area contributed by atoms with Crippen LogP contribution in [0.2, 0.25) is 0 Å². The summed E-state index contributed by atoms with van der Waals surface area (Å²) >= 11 is 0. The lowest BCUT2D eigenvalue weighted by Crippen LogP contribution is -2.18. The van der Waals surface area contributed by atoms with Gasteiger partial charge in [0.2, 0.25) is 0 Å². The molecule has 78 valence electrons. The van der Waals surface area contributed by atoms with Crippen molar-refractivity contribution in [1.29, 1.82) is 0 Å². The van der Waals surface area contributed by atoms with Gasteiger partial charge in [-0.1, -0.05) is 27.7 Å². The molecule has 0 unspecified atom stereocenters. The highest BCUT2D eigenvalue weighted by Crippen LogP contribution is 2.20. The van der Waals surface area contributed by atoms with E-state index in [1.54, 1.807) is 0 Å². The summed E-state index contributed by atoms with van der Waals surface area (Å²) < 4.78 is 0. The number of Topliss-reactive ketones (excluding diaryl/α,β-unsaturated/α-hetero) is 1. The minimum Gasteiger partial charge on any atom is -0.317 e. The van der Waals surface area contributed by atoms with Crippen LogP contribution in [-0.2, 0) is 4.79 Å². The largest absolute Gasteiger partial charge is 0.317 e. The predicted octanol–water partition coefficient (Wildman–Crippen LogP) is 2.38. The smallest absolute Gasteiger partial charge is 0.134 e. The molecule has 0 aliphatic heterocycles. The van der Waals surface area contributed by atoms with E-state index in [1.807, 2.05) is 0 Å². The van der Waals surface area contributed by atoms with Crippen LogP contribution in [0.1, 0.15) is 47.0 Å². The van der Waals surface area contributed by atoms with Gasteiger partial charge in [-0.15, -0.1) is 0 Å². The van der Waals surface area contributed by atoms with Crippen molar-refractivity contribution < 1.29 is 4.79 Å². The zero-order chi connectivity index (χ0) is 10.3. The number of hydrogen-bond donors (Lipinski definition) is 1. The molecule has 1 N–H and O–H groups in total.